The second kappa shape index (κ2) is 8.41. The fraction of sp³-hybridized carbons (Fsp3) is 0.385. The largest absolute Gasteiger partial charge is 0.475 e. The Labute approximate surface area is 215 Å². The van der Waals surface area contributed by atoms with Crippen LogP contribution in [-0.2, 0) is 10.0 Å². The molecule has 3 unspecified atom stereocenters. The summed E-state index contributed by atoms with van der Waals surface area (Å²) in [7, 11) is -4.22. The number of hydrogen-bond donors (Lipinski definition) is 2. The number of carbonyl (C=O) groups is 1. The van der Waals surface area contributed by atoms with Crippen LogP contribution >= 0.6 is 0 Å². The molecule has 0 bridgehead atoms. The molecule has 10 nitrogen and oxygen atoms in total. The van der Waals surface area contributed by atoms with E-state index in [0.29, 0.717) is 29.4 Å². The summed E-state index contributed by atoms with van der Waals surface area (Å²) in [4.78, 5) is 28.7. The number of nitrogen functional groups attached to an aromatic ring is 1. The molecule has 2 saturated carbocycles. The summed E-state index contributed by atoms with van der Waals surface area (Å²) in [5.74, 6) is 0.907. The lowest BCUT2D eigenvalue weighted by Gasteiger charge is -2.36. The molecule has 0 aromatic carbocycles. The first-order chi connectivity index (χ1) is 17.7. The topological polar surface area (TPSA) is 140 Å². The van der Waals surface area contributed by atoms with Gasteiger partial charge in [0.05, 0.1) is 28.9 Å². The van der Waals surface area contributed by atoms with Gasteiger partial charge in [0.2, 0.25) is 5.88 Å². The van der Waals surface area contributed by atoms with E-state index in [1.54, 1.807) is 24.4 Å². The summed E-state index contributed by atoms with van der Waals surface area (Å²) in [6.45, 7) is 3.87. The molecule has 3 aromatic rings. The van der Waals surface area contributed by atoms with E-state index in [2.05, 4.69) is 19.6 Å². The second-order valence-electron chi connectivity index (χ2n) is 10.1. The molecule has 1 aliphatic heterocycles. The van der Waals surface area contributed by atoms with Crippen molar-refractivity contribution < 1.29 is 17.9 Å². The quantitative estimate of drug-likeness (QED) is 0.450. The van der Waals surface area contributed by atoms with Crippen LogP contribution in [0.15, 0.2) is 53.7 Å². The molecule has 3 aromatic heterocycles. The minimum Gasteiger partial charge on any atom is -0.475 e. The number of piperidine rings is 1. The highest BCUT2D eigenvalue weighted by Gasteiger charge is 2.74. The smallest absolute Gasteiger partial charge is 0.281 e. The average molecular weight is 521 g/mol. The number of rotatable bonds is 7. The third kappa shape index (κ3) is 3.88. The third-order valence-corrected chi connectivity index (χ3v) is 8.87. The molecular weight excluding hydrogens is 492 g/mol. The molecule has 37 heavy (non-hydrogen) atoms. The molecule has 3 atom stereocenters. The van der Waals surface area contributed by atoms with Crippen LogP contribution in [0.2, 0.25) is 0 Å². The minimum absolute atomic E-state index is 0.0106. The van der Waals surface area contributed by atoms with Crippen LogP contribution in [0.4, 0.5) is 11.6 Å². The Morgan fingerprint density at radius 1 is 1.14 bits per heavy atom. The molecular formula is C26H28N6O4S. The number of hydrogen-bond acceptors (Lipinski definition) is 9. The average Bonchev–Trinajstić information content (AvgIpc) is 3.47. The Morgan fingerprint density at radius 2 is 1.97 bits per heavy atom. The normalized spacial score (nSPS) is 23.7. The van der Waals surface area contributed by atoms with Crippen molar-refractivity contribution in [1.82, 2.24) is 19.7 Å². The van der Waals surface area contributed by atoms with Gasteiger partial charge in [0.1, 0.15) is 11.6 Å². The van der Waals surface area contributed by atoms with Crippen molar-refractivity contribution in [2.24, 2.45) is 5.92 Å². The number of pyridine rings is 3. The summed E-state index contributed by atoms with van der Waals surface area (Å²) in [5.41, 5.74) is 7.31. The van der Waals surface area contributed by atoms with Gasteiger partial charge in [-0.2, -0.15) is 8.42 Å². The van der Waals surface area contributed by atoms with Gasteiger partial charge in [0, 0.05) is 17.8 Å². The molecule has 1 amide bonds. The van der Waals surface area contributed by atoms with Gasteiger partial charge in [-0.3, -0.25) is 4.79 Å². The summed E-state index contributed by atoms with van der Waals surface area (Å²) < 4.78 is 33.5. The van der Waals surface area contributed by atoms with E-state index in [1.165, 1.54) is 31.0 Å². The number of nitrogens with two attached hydrogens (primary N) is 1. The number of ether oxygens (including phenoxy) is 1. The van der Waals surface area contributed by atoms with Crippen molar-refractivity contribution in [3.8, 4) is 17.1 Å². The molecule has 3 N–H and O–H groups in total. The molecule has 1 saturated heterocycles. The van der Waals surface area contributed by atoms with E-state index in [9.17, 15) is 13.2 Å². The van der Waals surface area contributed by atoms with E-state index in [4.69, 9.17) is 15.5 Å². The minimum atomic E-state index is -4.22. The summed E-state index contributed by atoms with van der Waals surface area (Å²) >= 11 is 0. The van der Waals surface area contributed by atoms with Crippen LogP contribution in [0, 0.1) is 5.92 Å². The monoisotopic (exact) mass is 520 g/mol. The Bertz CT molecular complexity index is 1490. The fourth-order valence-corrected chi connectivity index (χ4v) is 6.85. The summed E-state index contributed by atoms with van der Waals surface area (Å²) in [5, 5.41) is -0.317. The molecule has 2 aliphatic carbocycles. The Balaban J connectivity index is 1.35. The van der Waals surface area contributed by atoms with E-state index >= 15 is 0 Å². The Kier molecular flexibility index (Phi) is 5.37. The Morgan fingerprint density at radius 3 is 2.62 bits per heavy atom. The number of anilines is 2. The number of sulfonamides is 1. The summed E-state index contributed by atoms with van der Waals surface area (Å²) in [6.07, 6.45) is 6.16. The van der Waals surface area contributed by atoms with Crippen molar-refractivity contribution in [2.75, 3.05) is 10.6 Å². The third-order valence-electron chi connectivity index (χ3n) is 7.64. The number of nitrogens with zero attached hydrogens (tertiary/aromatic N) is 4. The highest BCUT2D eigenvalue weighted by molar-refractivity contribution is 7.90. The molecule has 11 heteroatoms. The van der Waals surface area contributed by atoms with Crippen LogP contribution in [0.3, 0.4) is 0 Å². The number of aromatic nitrogens is 3. The molecule has 3 fully saturated rings. The van der Waals surface area contributed by atoms with E-state index in [1.807, 2.05) is 19.9 Å². The maximum absolute atomic E-state index is 13.3. The van der Waals surface area contributed by atoms with Crippen LogP contribution in [-0.4, -0.2) is 47.0 Å². The van der Waals surface area contributed by atoms with Crippen molar-refractivity contribution in [2.45, 2.75) is 62.2 Å². The van der Waals surface area contributed by atoms with Gasteiger partial charge in [-0.25, -0.2) is 19.7 Å². The standard InChI is InChI=1S/C26H28N6O4S/c1-15(2)36-22-11-6-16(14-28-22)19-9-8-18(24(29-19)32-20-10-7-17-12-13-26(17,20)32)25(33)31-37(34,35)23-5-3-4-21(27)30-23/h3-6,8-9,11,14-15,17,20H,7,10,12-13H2,1-2H3,(H2,27,30)(H,31,33). The van der Waals surface area contributed by atoms with Crippen molar-refractivity contribution in [3.63, 3.8) is 0 Å². The molecule has 0 radical (unpaired) electrons. The number of amides is 1. The van der Waals surface area contributed by atoms with E-state index < -0.39 is 15.9 Å². The first kappa shape index (κ1) is 23.7. The predicted octanol–water partition coefficient (Wildman–Crippen LogP) is 3.16. The maximum atomic E-state index is 13.3. The number of nitrogens with one attached hydrogen (secondary N) is 1. The van der Waals surface area contributed by atoms with Gasteiger partial charge < -0.3 is 15.4 Å². The zero-order valence-corrected chi connectivity index (χ0v) is 21.4. The Hall–Kier alpha value is -3.73. The number of carbonyl (C=O) groups excluding carboxylic acids is 1. The zero-order valence-electron chi connectivity index (χ0n) is 20.6. The van der Waals surface area contributed by atoms with Gasteiger partial charge in [0.15, 0.2) is 5.03 Å². The zero-order chi connectivity index (χ0) is 25.9. The lowest BCUT2D eigenvalue weighted by molar-refractivity contribution is 0.0981. The van der Waals surface area contributed by atoms with Gasteiger partial charge in [-0.1, -0.05) is 6.07 Å². The van der Waals surface area contributed by atoms with Gasteiger partial charge >= 0.3 is 0 Å². The lowest BCUT2D eigenvalue weighted by Crippen LogP contribution is -2.38. The fourth-order valence-electron chi connectivity index (χ4n) is 5.91. The predicted molar refractivity (Wildman–Crippen MR) is 137 cm³/mol. The van der Waals surface area contributed by atoms with Crippen LogP contribution in [0.1, 0.15) is 49.9 Å². The first-order valence-corrected chi connectivity index (χ1v) is 13.9. The second-order valence-corrected chi connectivity index (χ2v) is 11.8. The van der Waals surface area contributed by atoms with Crippen molar-refractivity contribution in [3.05, 3.63) is 54.2 Å². The molecule has 1 spiro atoms. The van der Waals surface area contributed by atoms with Crippen LogP contribution < -0.4 is 20.1 Å². The summed E-state index contributed by atoms with van der Waals surface area (Å²) in [6, 6.07) is 11.6. The van der Waals surface area contributed by atoms with Gasteiger partial charge in [-0.15, -0.1) is 0 Å². The van der Waals surface area contributed by atoms with Crippen molar-refractivity contribution in [1.29, 1.82) is 0 Å². The lowest BCUT2D eigenvalue weighted by atomic mass is 9.74. The van der Waals surface area contributed by atoms with E-state index in [0.717, 1.165) is 18.4 Å². The van der Waals surface area contributed by atoms with Crippen LogP contribution in [0.25, 0.3) is 11.3 Å². The van der Waals surface area contributed by atoms with Crippen LogP contribution in [0.5, 0.6) is 5.88 Å². The highest BCUT2D eigenvalue weighted by atomic mass is 32.2. The first-order valence-electron chi connectivity index (χ1n) is 12.4. The molecule has 4 heterocycles. The van der Waals surface area contributed by atoms with E-state index in [-0.39, 0.29) is 28.1 Å². The molecule has 3 aliphatic rings. The van der Waals surface area contributed by atoms with Gasteiger partial charge in [0.25, 0.3) is 15.9 Å². The molecule has 6 rings (SSSR count). The van der Waals surface area contributed by atoms with Crippen molar-refractivity contribution >= 4 is 27.6 Å². The molecule has 192 valence electrons. The SMILES string of the molecule is CC(C)Oc1ccc(-c2ccc(C(=O)NS(=O)(=O)c3cccc(N)n3)c(N3C4CCC5CCC543)n2)cn1. The highest BCUT2D eigenvalue weighted by Crippen LogP contribution is 2.68. The van der Waals surface area contributed by atoms with Gasteiger partial charge in [-0.05, 0) is 75.8 Å². The maximum Gasteiger partial charge on any atom is 0.281 e.